The summed E-state index contributed by atoms with van der Waals surface area (Å²) in [7, 11) is 0. The van der Waals surface area contributed by atoms with Crippen molar-refractivity contribution in [3.63, 3.8) is 0 Å². The predicted molar refractivity (Wildman–Crippen MR) is 44.8 cm³/mol. The molecule has 0 radical (unpaired) electrons. The van der Waals surface area contributed by atoms with E-state index in [1.807, 2.05) is 0 Å². The van der Waals surface area contributed by atoms with Crippen LogP contribution in [0.15, 0.2) is 30.8 Å². The number of aliphatic hydroxyl groups is 1. The maximum atomic E-state index is 11.8. The fourth-order valence-electron chi connectivity index (χ4n) is 0.873. The third-order valence-electron chi connectivity index (χ3n) is 1.40. The lowest BCUT2D eigenvalue weighted by atomic mass is 10.2. The molecule has 0 aliphatic heterocycles. The molecule has 2 nitrogen and oxygen atoms in total. The second-order valence-corrected chi connectivity index (χ2v) is 2.52. The van der Waals surface area contributed by atoms with Crippen LogP contribution >= 0.6 is 0 Å². The van der Waals surface area contributed by atoms with Crippen LogP contribution in [0, 0.1) is 0 Å². The maximum Gasteiger partial charge on any atom is 0.573 e. The van der Waals surface area contributed by atoms with E-state index < -0.39 is 6.36 Å². The van der Waals surface area contributed by atoms with E-state index >= 15 is 0 Å². The van der Waals surface area contributed by atoms with Gasteiger partial charge in [-0.2, -0.15) is 0 Å². The molecule has 1 N–H and O–H groups in total. The van der Waals surface area contributed by atoms with Gasteiger partial charge in [-0.3, -0.25) is 0 Å². The molecule has 1 rings (SSSR count). The van der Waals surface area contributed by atoms with E-state index in [0.717, 1.165) is 12.1 Å². The molecule has 0 amide bonds. The van der Waals surface area contributed by atoms with Crippen LogP contribution < -0.4 is 4.74 Å². The number of alkyl halides is 3. The van der Waals surface area contributed by atoms with Gasteiger partial charge < -0.3 is 9.84 Å². The van der Waals surface area contributed by atoms with Gasteiger partial charge in [0, 0.05) is 5.56 Å². The summed E-state index contributed by atoms with van der Waals surface area (Å²) in [6.07, 6.45) is -4.73. The van der Waals surface area contributed by atoms with Gasteiger partial charge in [-0.15, -0.1) is 13.2 Å². The zero-order chi connectivity index (χ0) is 10.8. The Kier molecular flexibility index (Phi) is 2.69. The number of aliphatic hydroxyl groups excluding tert-OH is 1. The first-order valence-corrected chi connectivity index (χ1v) is 3.62. The van der Waals surface area contributed by atoms with Gasteiger partial charge in [-0.25, -0.2) is 0 Å². The molecule has 0 saturated heterocycles. The van der Waals surface area contributed by atoms with E-state index in [-0.39, 0.29) is 17.1 Å². The minimum Gasteiger partial charge on any atom is -0.508 e. The van der Waals surface area contributed by atoms with Crippen LogP contribution in [0.1, 0.15) is 5.56 Å². The highest BCUT2D eigenvalue weighted by Gasteiger charge is 2.31. The molecule has 0 atom stereocenters. The molecule has 1 aromatic rings. The van der Waals surface area contributed by atoms with E-state index in [2.05, 4.69) is 11.3 Å². The van der Waals surface area contributed by atoms with Crippen LogP contribution in [-0.4, -0.2) is 11.5 Å². The summed E-state index contributed by atoms with van der Waals surface area (Å²) in [5.41, 5.74) is 0.187. The first-order chi connectivity index (χ1) is 6.38. The Morgan fingerprint density at radius 1 is 1.36 bits per heavy atom. The van der Waals surface area contributed by atoms with Crippen molar-refractivity contribution in [2.45, 2.75) is 6.36 Å². The molecule has 76 valence electrons. The lowest BCUT2D eigenvalue weighted by Gasteiger charge is -2.09. The van der Waals surface area contributed by atoms with Crippen molar-refractivity contribution in [3.05, 3.63) is 36.4 Å². The lowest BCUT2D eigenvalue weighted by Crippen LogP contribution is -2.17. The summed E-state index contributed by atoms with van der Waals surface area (Å²) < 4.78 is 38.9. The van der Waals surface area contributed by atoms with Crippen molar-refractivity contribution in [2.75, 3.05) is 0 Å². The van der Waals surface area contributed by atoms with Crippen molar-refractivity contribution in [3.8, 4) is 5.75 Å². The van der Waals surface area contributed by atoms with Crippen LogP contribution in [0.2, 0.25) is 0 Å². The Hall–Kier alpha value is -1.65. The summed E-state index contributed by atoms with van der Waals surface area (Å²) in [5.74, 6) is -0.692. The molecular formula is C9H7F3O2. The minimum absolute atomic E-state index is 0.187. The fourth-order valence-corrected chi connectivity index (χ4v) is 0.873. The molecule has 5 heteroatoms. The average molecular weight is 204 g/mol. The lowest BCUT2D eigenvalue weighted by molar-refractivity contribution is -0.274. The van der Waals surface area contributed by atoms with Gasteiger partial charge >= 0.3 is 6.36 Å². The Morgan fingerprint density at radius 2 is 2.00 bits per heavy atom. The van der Waals surface area contributed by atoms with E-state index in [9.17, 15) is 13.2 Å². The second kappa shape index (κ2) is 3.61. The van der Waals surface area contributed by atoms with Gasteiger partial charge in [-0.05, 0) is 12.1 Å². The van der Waals surface area contributed by atoms with Crippen LogP contribution in [0.25, 0.3) is 5.76 Å². The molecule has 0 aliphatic rings. The number of ether oxygens (including phenoxy) is 1. The zero-order valence-electron chi connectivity index (χ0n) is 7.01. The van der Waals surface area contributed by atoms with E-state index in [0.29, 0.717) is 0 Å². The molecule has 0 spiro atoms. The summed E-state index contributed by atoms with van der Waals surface area (Å²) in [4.78, 5) is 0. The molecule has 0 heterocycles. The van der Waals surface area contributed by atoms with Gasteiger partial charge in [0.1, 0.15) is 11.5 Å². The normalized spacial score (nSPS) is 11.1. The Labute approximate surface area is 78.2 Å². The van der Waals surface area contributed by atoms with Crippen molar-refractivity contribution in [2.24, 2.45) is 0 Å². The number of halogens is 3. The average Bonchev–Trinajstić information content (AvgIpc) is 2.01. The maximum absolute atomic E-state index is 11.8. The predicted octanol–water partition coefficient (Wildman–Crippen LogP) is 3.11. The second-order valence-electron chi connectivity index (χ2n) is 2.52. The third kappa shape index (κ3) is 3.01. The monoisotopic (exact) mass is 204 g/mol. The highest BCUT2D eigenvalue weighted by atomic mass is 19.4. The van der Waals surface area contributed by atoms with Gasteiger partial charge in [0.15, 0.2) is 0 Å². The van der Waals surface area contributed by atoms with Crippen molar-refractivity contribution in [1.29, 1.82) is 0 Å². The zero-order valence-corrected chi connectivity index (χ0v) is 7.01. The molecule has 0 bridgehead atoms. The van der Waals surface area contributed by atoms with Gasteiger partial charge in [0.05, 0.1) is 0 Å². The molecule has 0 unspecified atom stereocenters. The van der Waals surface area contributed by atoms with Gasteiger partial charge in [0.25, 0.3) is 0 Å². The number of hydrogen-bond donors (Lipinski definition) is 1. The largest absolute Gasteiger partial charge is 0.573 e. The molecule has 0 aliphatic carbocycles. The first-order valence-electron chi connectivity index (χ1n) is 3.62. The van der Waals surface area contributed by atoms with Gasteiger partial charge in [-0.1, -0.05) is 18.7 Å². The SMILES string of the molecule is C=C(O)c1cccc(OC(F)(F)F)c1. The van der Waals surface area contributed by atoms with Crippen molar-refractivity contribution in [1.82, 2.24) is 0 Å². The van der Waals surface area contributed by atoms with Crippen LogP contribution in [-0.2, 0) is 0 Å². The quantitative estimate of drug-likeness (QED) is 0.750. The van der Waals surface area contributed by atoms with Crippen LogP contribution in [0.3, 0.4) is 0 Å². The third-order valence-corrected chi connectivity index (χ3v) is 1.40. The highest BCUT2D eigenvalue weighted by Crippen LogP contribution is 2.24. The van der Waals surface area contributed by atoms with E-state index in [1.54, 1.807) is 0 Å². The van der Waals surface area contributed by atoms with Crippen molar-refractivity contribution < 1.29 is 23.0 Å². The summed E-state index contributed by atoms with van der Waals surface area (Å²) in [6.45, 7) is 3.18. The number of benzene rings is 1. The molecule has 0 aromatic heterocycles. The summed E-state index contributed by atoms with van der Waals surface area (Å²) in [5, 5.41) is 8.92. The first kappa shape index (κ1) is 10.4. The summed E-state index contributed by atoms with van der Waals surface area (Å²) >= 11 is 0. The molecule has 0 fully saturated rings. The Balaban J connectivity index is 2.89. The van der Waals surface area contributed by atoms with Crippen molar-refractivity contribution >= 4 is 5.76 Å². The molecule has 14 heavy (non-hydrogen) atoms. The molecule has 1 aromatic carbocycles. The van der Waals surface area contributed by atoms with Gasteiger partial charge in [0.2, 0.25) is 0 Å². The standard InChI is InChI=1S/C9H7F3O2/c1-6(13)7-3-2-4-8(5-7)14-9(10,11)12/h2-5,13H,1H2. The van der Waals surface area contributed by atoms with Crippen LogP contribution in [0.5, 0.6) is 5.75 Å². The number of hydrogen-bond acceptors (Lipinski definition) is 2. The Morgan fingerprint density at radius 3 is 2.50 bits per heavy atom. The minimum atomic E-state index is -4.73. The molecule has 0 saturated carbocycles. The smallest absolute Gasteiger partial charge is 0.508 e. The topological polar surface area (TPSA) is 29.5 Å². The highest BCUT2D eigenvalue weighted by molar-refractivity contribution is 5.57. The van der Waals surface area contributed by atoms with E-state index in [4.69, 9.17) is 5.11 Å². The number of rotatable bonds is 2. The summed E-state index contributed by atoms with van der Waals surface area (Å²) in [6, 6.07) is 4.94. The van der Waals surface area contributed by atoms with Crippen LogP contribution in [0.4, 0.5) is 13.2 Å². The Bertz CT molecular complexity index is 344. The fraction of sp³-hybridized carbons (Fsp3) is 0.111. The molecular weight excluding hydrogens is 197 g/mol. The van der Waals surface area contributed by atoms with E-state index in [1.165, 1.54) is 12.1 Å².